The van der Waals surface area contributed by atoms with E-state index in [2.05, 4.69) is 0 Å². The standard InChI is InChI=1S/C22H19NO5.CH4/c24-18-11-27-19-9-20-16(8-14(18)19)22(12-28-20)15-5-1-2-6-17(15)23(21(22)25)10-13-4-3-7-26-13;/h1-2,5-6,8-9,13H,3-4,7,10-12H2;1H4/t13-,22?;/m1./s1. The molecule has 0 radical (unpaired) electrons. The monoisotopic (exact) mass is 393 g/mol. The molecule has 1 saturated heterocycles. The Morgan fingerprint density at radius 3 is 2.76 bits per heavy atom. The van der Waals surface area contributed by atoms with Gasteiger partial charge in [-0.3, -0.25) is 9.59 Å². The average molecular weight is 393 g/mol. The summed E-state index contributed by atoms with van der Waals surface area (Å²) in [4.78, 5) is 27.8. The van der Waals surface area contributed by atoms with Crippen molar-refractivity contribution < 1.29 is 23.8 Å². The zero-order valence-electron chi connectivity index (χ0n) is 15.3. The van der Waals surface area contributed by atoms with Gasteiger partial charge in [0.2, 0.25) is 11.7 Å². The Kier molecular flexibility index (Phi) is 3.96. The van der Waals surface area contributed by atoms with Crippen molar-refractivity contribution in [2.75, 3.05) is 31.3 Å². The minimum atomic E-state index is -0.914. The smallest absolute Gasteiger partial charge is 0.245 e. The van der Waals surface area contributed by atoms with E-state index in [4.69, 9.17) is 14.2 Å². The molecule has 6 heteroatoms. The van der Waals surface area contributed by atoms with Gasteiger partial charge in [0.25, 0.3) is 0 Å². The number of Topliss-reactive ketones (excluding diaryl/α,β-unsaturated/α-hetero) is 1. The molecule has 2 aromatic carbocycles. The van der Waals surface area contributed by atoms with Crippen LogP contribution in [0.25, 0.3) is 0 Å². The minimum Gasteiger partial charge on any atom is -0.491 e. The number of rotatable bonds is 2. The van der Waals surface area contributed by atoms with E-state index >= 15 is 0 Å². The Labute approximate surface area is 169 Å². The lowest BCUT2D eigenvalue weighted by Crippen LogP contribution is -2.45. The highest BCUT2D eigenvalue weighted by Crippen LogP contribution is 2.54. The number of nitrogens with zero attached hydrogens (tertiary/aromatic N) is 1. The number of carbonyl (C=O) groups is 2. The van der Waals surface area contributed by atoms with Gasteiger partial charge >= 0.3 is 0 Å². The number of ketones is 1. The molecule has 0 aliphatic carbocycles. The predicted molar refractivity (Wildman–Crippen MR) is 107 cm³/mol. The van der Waals surface area contributed by atoms with Crippen molar-refractivity contribution in [3.63, 3.8) is 0 Å². The van der Waals surface area contributed by atoms with E-state index in [0.29, 0.717) is 23.6 Å². The molecule has 6 rings (SSSR count). The SMILES string of the molecule is C.O=C1COc2cc3c(cc21)C1(CO3)C(=O)N(C[C@H]2CCCO2)c2ccccc21. The third kappa shape index (κ3) is 2.32. The van der Waals surface area contributed by atoms with Crippen molar-refractivity contribution in [1.82, 2.24) is 0 Å². The third-order valence-electron chi connectivity index (χ3n) is 6.32. The Morgan fingerprint density at radius 1 is 1.07 bits per heavy atom. The largest absolute Gasteiger partial charge is 0.491 e. The maximum atomic E-state index is 13.8. The van der Waals surface area contributed by atoms with Gasteiger partial charge in [0.1, 0.15) is 23.5 Å². The number of hydrogen-bond donors (Lipinski definition) is 0. The van der Waals surface area contributed by atoms with E-state index in [1.54, 1.807) is 12.1 Å². The first-order valence-electron chi connectivity index (χ1n) is 9.69. The molecular formula is C23H23NO5. The second-order valence-corrected chi connectivity index (χ2v) is 7.82. The third-order valence-corrected chi connectivity index (χ3v) is 6.32. The fourth-order valence-electron chi connectivity index (χ4n) is 4.93. The number of ether oxygens (including phenoxy) is 3. The molecule has 0 saturated carbocycles. The van der Waals surface area contributed by atoms with Crippen LogP contribution in [-0.4, -0.2) is 44.2 Å². The molecule has 1 unspecified atom stereocenters. The summed E-state index contributed by atoms with van der Waals surface area (Å²) >= 11 is 0. The highest BCUT2D eigenvalue weighted by molar-refractivity contribution is 6.12. The second-order valence-electron chi connectivity index (χ2n) is 7.82. The molecule has 4 aliphatic rings. The number of anilines is 1. The first-order valence-corrected chi connectivity index (χ1v) is 9.69. The van der Waals surface area contributed by atoms with Gasteiger partial charge in [0.05, 0.1) is 18.2 Å². The summed E-state index contributed by atoms with van der Waals surface area (Å²) in [5.41, 5.74) is 2.22. The molecule has 1 spiro atoms. The number of amides is 1. The molecule has 2 atom stereocenters. The van der Waals surface area contributed by atoms with Gasteiger partial charge in [-0.05, 0) is 30.5 Å². The van der Waals surface area contributed by atoms with Gasteiger partial charge in [0.15, 0.2) is 6.61 Å². The molecule has 0 N–H and O–H groups in total. The van der Waals surface area contributed by atoms with Gasteiger partial charge in [-0.25, -0.2) is 0 Å². The van der Waals surface area contributed by atoms with Crippen LogP contribution in [0.5, 0.6) is 11.5 Å². The predicted octanol–water partition coefficient (Wildman–Crippen LogP) is 3.10. The Morgan fingerprint density at radius 2 is 1.93 bits per heavy atom. The number of para-hydroxylation sites is 1. The molecule has 4 aliphatic heterocycles. The number of hydrogen-bond acceptors (Lipinski definition) is 5. The number of benzene rings is 2. The van der Waals surface area contributed by atoms with E-state index in [-0.39, 0.29) is 38.4 Å². The van der Waals surface area contributed by atoms with E-state index in [9.17, 15) is 9.59 Å². The van der Waals surface area contributed by atoms with Crippen LogP contribution in [0.4, 0.5) is 5.69 Å². The van der Waals surface area contributed by atoms with Crippen LogP contribution in [0.3, 0.4) is 0 Å². The zero-order chi connectivity index (χ0) is 18.9. The van der Waals surface area contributed by atoms with Crippen LogP contribution in [-0.2, 0) is 14.9 Å². The van der Waals surface area contributed by atoms with Crippen LogP contribution in [0, 0.1) is 0 Å². The van der Waals surface area contributed by atoms with E-state index in [0.717, 1.165) is 36.3 Å². The molecule has 0 aromatic heterocycles. The van der Waals surface area contributed by atoms with Gasteiger partial charge in [-0.15, -0.1) is 0 Å². The number of fused-ring (bicyclic) bond motifs is 5. The summed E-state index contributed by atoms with van der Waals surface area (Å²) < 4.78 is 17.2. The lowest BCUT2D eigenvalue weighted by atomic mass is 9.76. The summed E-state index contributed by atoms with van der Waals surface area (Å²) in [5, 5.41) is 0. The summed E-state index contributed by atoms with van der Waals surface area (Å²) in [6.45, 7) is 1.57. The van der Waals surface area contributed by atoms with Crippen molar-refractivity contribution in [2.24, 2.45) is 0 Å². The molecule has 4 heterocycles. The van der Waals surface area contributed by atoms with Crippen molar-refractivity contribution in [3.05, 3.63) is 53.1 Å². The maximum absolute atomic E-state index is 13.8. The Bertz CT molecular complexity index is 1030. The maximum Gasteiger partial charge on any atom is 0.245 e. The highest BCUT2D eigenvalue weighted by atomic mass is 16.5. The van der Waals surface area contributed by atoms with E-state index < -0.39 is 5.41 Å². The topological polar surface area (TPSA) is 65.1 Å². The summed E-state index contributed by atoms with van der Waals surface area (Å²) in [6.07, 6.45) is 2.05. The van der Waals surface area contributed by atoms with Gasteiger partial charge in [-0.1, -0.05) is 25.6 Å². The van der Waals surface area contributed by atoms with Gasteiger partial charge < -0.3 is 19.1 Å². The molecule has 1 amide bonds. The normalized spacial score (nSPS) is 26.1. The van der Waals surface area contributed by atoms with Crippen LogP contribution < -0.4 is 14.4 Å². The van der Waals surface area contributed by atoms with E-state index in [1.165, 1.54) is 0 Å². The lowest BCUT2D eigenvalue weighted by molar-refractivity contribution is -0.122. The average Bonchev–Trinajstić information content (AvgIpc) is 3.47. The van der Waals surface area contributed by atoms with Crippen molar-refractivity contribution in [1.29, 1.82) is 0 Å². The van der Waals surface area contributed by atoms with Crippen LogP contribution in [0.1, 0.15) is 41.8 Å². The molecule has 6 nitrogen and oxygen atoms in total. The first-order chi connectivity index (χ1) is 13.7. The van der Waals surface area contributed by atoms with E-state index in [1.807, 2.05) is 29.2 Å². The Hall–Kier alpha value is -2.86. The fourth-order valence-corrected chi connectivity index (χ4v) is 4.93. The lowest BCUT2D eigenvalue weighted by Gasteiger charge is -2.25. The van der Waals surface area contributed by atoms with Gasteiger partial charge in [-0.2, -0.15) is 0 Å². The van der Waals surface area contributed by atoms with Crippen LogP contribution in [0.15, 0.2) is 36.4 Å². The molecule has 0 bridgehead atoms. The van der Waals surface area contributed by atoms with Crippen molar-refractivity contribution in [2.45, 2.75) is 31.8 Å². The highest BCUT2D eigenvalue weighted by Gasteiger charge is 2.57. The minimum absolute atomic E-state index is 0. The molecule has 2 aromatic rings. The molecule has 150 valence electrons. The van der Waals surface area contributed by atoms with Crippen molar-refractivity contribution >= 4 is 17.4 Å². The van der Waals surface area contributed by atoms with Crippen LogP contribution >= 0.6 is 0 Å². The molecule has 1 fully saturated rings. The molecular weight excluding hydrogens is 370 g/mol. The van der Waals surface area contributed by atoms with Crippen molar-refractivity contribution in [3.8, 4) is 11.5 Å². The van der Waals surface area contributed by atoms with Crippen LogP contribution in [0.2, 0.25) is 0 Å². The summed E-state index contributed by atoms with van der Waals surface area (Å²) in [6, 6.07) is 11.4. The summed E-state index contributed by atoms with van der Waals surface area (Å²) in [7, 11) is 0. The van der Waals surface area contributed by atoms with Gasteiger partial charge in [0, 0.05) is 23.9 Å². The number of carbonyl (C=O) groups excluding carboxylic acids is 2. The first kappa shape index (κ1) is 18.2. The second kappa shape index (κ2) is 6.32. The zero-order valence-corrected chi connectivity index (χ0v) is 15.3. The quantitative estimate of drug-likeness (QED) is 0.785. The Balaban J connectivity index is 0.00000181. The fraction of sp³-hybridized carbons (Fsp3) is 0.391. The summed E-state index contributed by atoms with van der Waals surface area (Å²) in [5.74, 6) is 1.09. The molecule has 29 heavy (non-hydrogen) atoms.